The van der Waals surface area contributed by atoms with Crippen molar-refractivity contribution in [3.8, 4) is 0 Å². The number of aryl methyl sites for hydroxylation is 1. The normalized spacial score (nSPS) is 14.2. The Morgan fingerprint density at radius 2 is 1.95 bits per heavy atom. The fraction of sp³-hybridized carbons (Fsp3) is 0.312. The highest BCUT2D eigenvalue weighted by Crippen LogP contribution is 2.19. The van der Waals surface area contributed by atoms with Crippen LogP contribution >= 0.6 is 0 Å². The van der Waals surface area contributed by atoms with Gasteiger partial charge in [-0.25, -0.2) is 18.1 Å². The minimum Gasteiger partial charge on any atom is -0.370 e. The minimum atomic E-state index is -3.44. The lowest BCUT2D eigenvalue weighted by molar-refractivity contribution is 0.581. The Balaban J connectivity index is 1.61. The average Bonchev–Trinajstić information content (AvgIpc) is 2.55. The Morgan fingerprint density at radius 3 is 2.77 bits per heavy atom. The molecule has 1 aromatic heterocycles. The number of anilines is 1. The Kier molecular flexibility index (Phi) is 4.40. The molecule has 3 rings (SSSR count). The van der Waals surface area contributed by atoms with Crippen LogP contribution in [0, 0.1) is 0 Å². The molecule has 0 saturated heterocycles. The van der Waals surface area contributed by atoms with Crippen LogP contribution < -0.4 is 10.0 Å². The molecule has 0 spiro atoms. The van der Waals surface area contributed by atoms with Gasteiger partial charge in [0.05, 0.1) is 4.90 Å². The first-order chi connectivity index (χ1) is 10.6. The summed E-state index contributed by atoms with van der Waals surface area (Å²) >= 11 is 0. The summed E-state index contributed by atoms with van der Waals surface area (Å²) in [4.78, 5) is 4.85. The SMILES string of the molecule is O=S(=O)(NCCc1ccc2c(n1)NCCC2)c1ccccc1. The molecule has 1 aromatic carbocycles. The number of nitrogens with one attached hydrogen (secondary N) is 2. The number of pyridine rings is 1. The van der Waals surface area contributed by atoms with Gasteiger partial charge in [-0.1, -0.05) is 24.3 Å². The lowest BCUT2D eigenvalue weighted by Crippen LogP contribution is -2.26. The first-order valence-electron chi connectivity index (χ1n) is 7.42. The highest BCUT2D eigenvalue weighted by Gasteiger charge is 2.13. The van der Waals surface area contributed by atoms with Crippen molar-refractivity contribution in [2.24, 2.45) is 0 Å². The molecular weight excluding hydrogens is 298 g/mol. The second-order valence-corrected chi connectivity index (χ2v) is 7.07. The maximum atomic E-state index is 12.1. The predicted octanol–water partition coefficient (Wildman–Crippen LogP) is 1.96. The van der Waals surface area contributed by atoms with Gasteiger partial charge >= 0.3 is 0 Å². The van der Waals surface area contributed by atoms with Gasteiger partial charge in [0.15, 0.2) is 0 Å². The monoisotopic (exact) mass is 317 g/mol. The standard InChI is InChI=1S/C16H19N3O2S/c20-22(21,15-6-2-1-3-7-15)18-12-10-14-9-8-13-5-4-11-17-16(13)19-14/h1-3,6-9,18H,4-5,10-12H2,(H,17,19). The zero-order valence-corrected chi connectivity index (χ0v) is 13.1. The van der Waals surface area contributed by atoms with E-state index in [0.717, 1.165) is 30.9 Å². The van der Waals surface area contributed by atoms with E-state index < -0.39 is 10.0 Å². The molecular formula is C16H19N3O2S. The molecule has 0 atom stereocenters. The van der Waals surface area contributed by atoms with E-state index in [2.05, 4.69) is 21.1 Å². The van der Waals surface area contributed by atoms with E-state index in [-0.39, 0.29) is 4.90 Å². The summed E-state index contributed by atoms with van der Waals surface area (Å²) in [6, 6.07) is 12.4. The first-order valence-corrected chi connectivity index (χ1v) is 8.91. The molecule has 1 aliphatic rings. The topological polar surface area (TPSA) is 71.1 Å². The number of fused-ring (bicyclic) bond motifs is 1. The molecule has 0 fully saturated rings. The summed E-state index contributed by atoms with van der Waals surface area (Å²) in [6.07, 6.45) is 2.75. The zero-order valence-electron chi connectivity index (χ0n) is 12.2. The van der Waals surface area contributed by atoms with E-state index in [9.17, 15) is 8.42 Å². The number of nitrogens with zero attached hydrogens (tertiary/aromatic N) is 1. The Hall–Kier alpha value is -1.92. The van der Waals surface area contributed by atoms with Crippen molar-refractivity contribution in [2.75, 3.05) is 18.4 Å². The summed E-state index contributed by atoms with van der Waals surface area (Å²) in [5, 5.41) is 3.29. The molecule has 116 valence electrons. The van der Waals surface area contributed by atoms with Crippen molar-refractivity contribution in [1.29, 1.82) is 0 Å². The second kappa shape index (κ2) is 6.46. The van der Waals surface area contributed by atoms with E-state index in [4.69, 9.17) is 0 Å². The fourth-order valence-corrected chi connectivity index (χ4v) is 3.56. The summed E-state index contributed by atoms with van der Waals surface area (Å²) in [5.41, 5.74) is 2.13. The van der Waals surface area contributed by atoms with Crippen LogP contribution in [0.4, 0.5) is 5.82 Å². The second-order valence-electron chi connectivity index (χ2n) is 5.30. The number of sulfonamides is 1. The predicted molar refractivity (Wildman–Crippen MR) is 86.4 cm³/mol. The van der Waals surface area contributed by atoms with Gasteiger partial charge in [0, 0.05) is 25.2 Å². The van der Waals surface area contributed by atoms with Crippen LogP contribution in [0.15, 0.2) is 47.4 Å². The third kappa shape index (κ3) is 3.45. The van der Waals surface area contributed by atoms with E-state index in [1.165, 1.54) is 5.56 Å². The number of rotatable bonds is 5. The summed E-state index contributed by atoms with van der Waals surface area (Å²) in [5.74, 6) is 0.940. The number of benzene rings is 1. The Morgan fingerprint density at radius 1 is 1.14 bits per heavy atom. The van der Waals surface area contributed by atoms with Crippen LogP contribution in [-0.2, 0) is 22.9 Å². The molecule has 2 aromatic rings. The smallest absolute Gasteiger partial charge is 0.240 e. The summed E-state index contributed by atoms with van der Waals surface area (Å²) < 4.78 is 26.8. The molecule has 22 heavy (non-hydrogen) atoms. The molecule has 6 heteroatoms. The quantitative estimate of drug-likeness (QED) is 0.884. The maximum absolute atomic E-state index is 12.1. The van der Waals surface area contributed by atoms with Crippen LogP contribution in [0.25, 0.3) is 0 Å². The third-order valence-corrected chi connectivity index (χ3v) is 5.16. The van der Waals surface area contributed by atoms with Crippen molar-refractivity contribution < 1.29 is 8.42 Å². The fourth-order valence-electron chi connectivity index (χ4n) is 2.50. The molecule has 0 bridgehead atoms. The molecule has 2 N–H and O–H groups in total. The number of aromatic nitrogens is 1. The summed E-state index contributed by atoms with van der Waals surface area (Å²) in [7, 11) is -3.44. The van der Waals surface area contributed by atoms with Gasteiger partial charge in [0.2, 0.25) is 10.0 Å². The number of hydrogen-bond donors (Lipinski definition) is 2. The van der Waals surface area contributed by atoms with Crippen molar-refractivity contribution in [3.63, 3.8) is 0 Å². The van der Waals surface area contributed by atoms with Crippen molar-refractivity contribution in [3.05, 3.63) is 53.7 Å². The highest BCUT2D eigenvalue weighted by molar-refractivity contribution is 7.89. The molecule has 0 amide bonds. The van der Waals surface area contributed by atoms with Crippen molar-refractivity contribution in [2.45, 2.75) is 24.2 Å². The first kappa shape index (κ1) is 15.0. The van der Waals surface area contributed by atoms with E-state index in [1.807, 2.05) is 6.07 Å². The molecule has 0 radical (unpaired) electrons. The minimum absolute atomic E-state index is 0.287. The van der Waals surface area contributed by atoms with Crippen LogP contribution in [0.5, 0.6) is 0 Å². The lowest BCUT2D eigenvalue weighted by atomic mass is 10.1. The zero-order chi connectivity index (χ0) is 15.4. The molecule has 2 heterocycles. The van der Waals surface area contributed by atoms with E-state index in [1.54, 1.807) is 30.3 Å². The van der Waals surface area contributed by atoms with E-state index >= 15 is 0 Å². The van der Waals surface area contributed by atoms with Gasteiger partial charge in [-0.15, -0.1) is 0 Å². The molecule has 0 aliphatic carbocycles. The largest absolute Gasteiger partial charge is 0.370 e. The molecule has 1 aliphatic heterocycles. The maximum Gasteiger partial charge on any atom is 0.240 e. The van der Waals surface area contributed by atoms with Gasteiger partial charge in [-0.05, 0) is 36.6 Å². The molecule has 0 unspecified atom stereocenters. The lowest BCUT2D eigenvalue weighted by Gasteiger charge is -2.17. The highest BCUT2D eigenvalue weighted by atomic mass is 32.2. The number of hydrogen-bond acceptors (Lipinski definition) is 4. The van der Waals surface area contributed by atoms with Gasteiger partial charge in [-0.3, -0.25) is 0 Å². The van der Waals surface area contributed by atoms with Crippen molar-refractivity contribution in [1.82, 2.24) is 9.71 Å². The Labute approximate surface area is 130 Å². The Bertz CT molecular complexity index is 745. The van der Waals surface area contributed by atoms with Gasteiger partial charge in [-0.2, -0.15) is 0 Å². The van der Waals surface area contributed by atoms with Crippen LogP contribution in [0.3, 0.4) is 0 Å². The molecule has 0 saturated carbocycles. The van der Waals surface area contributed by atoms with Gasteiger partial charge < -0.3 is 5.32 Å². The van der Waals surface area contributed by atoms with Gasteiger partial charge in [0.1, 0.15) is 5.82 Å². The summed E-state index contributed by atoms with van der Waals surface area (Å²) in [6.45, 7) is 1.28. The van der Waals surface area contributed by atoms with Crippen LogP contribution in [0.1, 0.15) is 17.7 Å². The van der Waals surface area contributed by atoms with E-state index in [0.29, 0.717) is 13.0 Å². The van der Waals surface area contributed by atoms with Gasteiger partial charge in [0.25, 0.3) is 0 Å². The third-order valence-electron chi connectivity index (χ3n) is 3.68. The average molecular weight is 317 g/mol. The molecule has 5 nitrogen and oxygen atoms in total. The van der Waals surface area contributed by atoms with Crippen LogP contribution in [0.2, 0.25) is 0 Å². The van der Waals surface area contributed by atoms with Crippen molar-refractivity contribution >= 4 is 15.8 Å². The van der Waals surface area contributed by atoms with Crippen LogP contribution in [-0.4, -0.2) is 26.5 Å².